The van der Waals surface area contributed by atoms with Crippen LogP contribution in [-0.4, -0.2) is 44.7 Å². The molecule has 0 atom stereocenters. The minimum atomic E-state index is 0.0267. The summed E-state index contributed by atoms with van der Waals surface area (Å²) >= 11 is 0. The summed E-state index contributed by atoms with van der Waals surface area (Å²) in [5.41, 5.74) is 8.22. The molecular formula is C15H25N3O2. The zero-order chi connectivity index (χ0) is 15.0. The predicted octanol–water partition coefficient (Wildman–Crippen LogP) is 1.87. The Labute approximate surface area is 121 Å². The smallest absolute Gasteiger partial charge is 0.224 e. The molecule has 0 bridgehead atoms. The van der Waals surface area contributed by atoms with Gasteiger partial charge in [-0.05, 0) is 44.6 Å². The summed E-state index contributed by atoms with van der Waals surface area (Å²) in [6.45, 7) is 4.38. The van der Waals surface area contributed by atoms with Crippen molar-refractivity contribution in [3.05, 3.63) is 23.8 Å². The first-order chi connectivity index (χ1) is 9.54. The molecular weight excluding hydrogens is 254 g/mol. The third kappa shape index (κ3) is 5.59. The third-order valence-corrected chi connectivity index (χ3v) is 3.27. The summed E-state index contributed by atoms with van der Waals surface area (Å²) in [7, 11) is 3.72. The van der Waals surface area contributed by atoms with Crippen molar-refractivity contribution in [2.45, 2.75) is 19.8 Å². The number of hydrogen-bond acceptors (Lipinski definition) is 4. The summed E-state index contributed by atoms with van der Waals surface area (Å²) < 4.78 is 5.01. The molecule has 0 aromatic heterocycles. The lowest BCUT2D eigenvalue weighted by atomic mass is 10.1. The van der Waals surface area contributed by atoms with Gasteiger partial charge in [0.05, 0.1) is 6.61 Å². The van der Waals surface area contributed by atoms with Crippen molar-refractivity contribution >= 4 is 17.3 Å². The number of methoxy groups -OCH3 is 1. The molecule has 3 N–H and O–H groups in total. The lowest BCUT2D eigenvalue weighted by Gasteiger charge is -2.15. The SMILES string of the molecule is COCCN(C)CCCC(=O)Nc1cccc(N)c1C. The molecule has 0 saturated heterocycles. The maximum absolute atomic E-state index is 11.9. The molecule has 1 aromatic carbocycles. The van der Waals surface area contributed by atoms with Crippen LogP contribution in [-0.2, 0) is 9.53 Å². The van der Waals surface area contributed by atoms with Gasteiger partial charge in [-0.15, -0.1) is 0 Å². The Hall–Kier alpha value is -1.59. The Bertz CT molecular complexity index is 435. The summed E-state index contributed by atoms with van der Waals surface area (Å²) in [5, 5.41) is 2.91. The lowest BCUT2D eigenvalue weighted by molar-refractivity contribution is -0.116. The summed E-state index contributed by atoms with van der Waals surface area (Å²) in [6.07, 6.45) is 1.33. The second-order valence-corrected chi connectivity index (χ2v) is 4.97. The number of hydrogen-bond donors (Lipinski definition) is 2. The number of nitrogens with one attached hydrogen (secondary N) is 1. The van der Waals surface area contributed by atoms with E-state index in [-0.39, 0.29) is 5.91 Å². The number of carbonyl (C=O) groups is 1. The Morgan fingerprint density at radius 1 is 1.40 bits per heavy atom. The molecule has 0 unspecified atom stereocenters. The number of benzene rings is 1. The molecule has 0 radical (unpaired) electrons. The number of nitrogens with two attached hydrogens (primary N) is 1. The van der Waals surface area contributed by atoms with Gasteiger partial charge in [0.1, 0.15) is 0 Å². The second-order valence-electron chi connectivity index (χ2n) is 4.97. The second kappa shape index (κ2) is 8.55. The standard InChI is InChI=1S/C15H25N3O2/c1-12-13(16)6-4-7-14(12)17-15(19)8-5-9-18(2)10-11-20-3/h4,6-7H,5,8-11,16H2,1-3H3,(H,17,19). The number of carbonyl (C=O) groups excluding carboxylic acids is 1. The molecule has 112 valence electrons. The van der Waals surface area contributed by atoms with Crippen molar-refractivity contribution in [2.24, 2.45) is 0 Å². The van der Waals surface area contributed by atoms with E-state index in [4.69, 9.17) is 10.5 Å². The van der Waals surface area contributed by atoms with Gasteiger partial charge in [0.15, 0.2) is 0 Å². The monoisotopic (exact) mass is 279 g/mol. The highest BCUT2D eigenvalue weighted by Crippen LogP contribution is 2.20. The van der Waals surface area contributed by atoms with Crippen LogP contribution in [0.25, 0.3) is 0 Å². The number of rotatable bonds is 8. The lowest BCUT2D eigenvalue weighted by Crippen LogP contribution is -2.25. The maximum atomic E-state index is 11.9. The molecule has 1 rings (SSSR count). The van der Waals surface area contributed by atoms with Gasteiger partial charge in [-0.25, -0.2) is 0 Å². The van der Waals surface area contributed by atoms with Crippen LogP contribution >= 0.6 is 0 Å². The van der Waals surface area contributed by atoms with E-state index >= 15 is 0 Å². The highest BCUT2D eigenvalue weighted by atomic mass is 16.5. The molecule has 5 nitrogen and oxygen atoms in total. The number of ether oxygens (including phenoxy) is 1. The van der Waals surface area contributed by atoms with E-state index in [2.05, 4.69) is 10.2 Å². The number of nitrogen functional groups attached to an aromatic ring is 1. The van der Waals surface area contributed by atoms with Crippen LogP contribution in [0.5, 0.6) is 0 Å². The number of nitrogens with zero attached hydrogens (tertiary/aromatic N) is 1. The Kier molecular flexibility index (Phi) is 7.04. The highest BCUT2D eigenvalue weighted by Gasteiger charge is 2.07. The summed E-state index contributed by atoms with van der Waals surface area (Å²) in [4.78, 5) is 14.0. The van der Waals surface area contributed by atoms with Crippen LogP contribution < -0.4 is 11.1 Å². The van der Waals surface area contributed by atoms with E-state index in [0.29, 0.717) is 18.7 Å². The van der Waals surface area contributed by atoms with E-state index in [1.54, 1.807) is 7.11 Å². The van der Waals surface area contributed by atoms with E-state index in [1.165, 1.54) is 0 Å². The topological polar surface area (TPSA) is 67.6 Å². The molecule has 0 fully saturated rings. The molecule has 0 spiro atoms. The van der Waals surface area contributed by atoms with Gasteiger partial charge in [-0.3, -0.25) is 4.79 Å². The molecule has 0 aliphatic heterocycles. The van der Waals surface area contributed by atoms with E-state index in [0.717, 1.165) is 30.8 Å². The van der Waals surface area contributed by atoms with Crippen molar-refractivity contribution in [1.29, 1.82) is 0 Å². The van der Waals surface area contributed by atoms with Gasteiger partial charge >= 0.3 is 0 Å². The highest BCUT2D eigenvalue weighted by molar-refractivity contribution is 5.92. The van der Waals surface area contributed by atoms with E-state index in [1.807, 2.05) is 32.2 Å². The van der Waals surface area contributed by atoms with Crippen molar-refractivity contribution in [1.82, 2.24) is 4.90 Å². The fourth-order valence-corrected chi connectivity index (χ4v) is 1.87. The first-order valence-electron chi connectivity index (χ1n) is 6.87. The molecule has 0 aliphatic carbocycles. The van der Waals surface area contributed by atoms with Gasteiger partial charge in [0.25, 0.3) is 0 Å². The molecule has 0 aliphatic rings. The Morgan fingerprint density at radius 2 is 2.15 bits per heavy atom. The van der Waals surface area contributed by atoms with E-state index < -0.39 is 0 Å². The van der Waals surface area contributed by atoms with Crippen LogP contribution in [0, 0.1) is 6.92 Å². The first-order valence-corrected chi connectivity index (χ1v) is 6.87. The van der Waals surface area contributed by atoms with Crippen molar-refractivity contribution in [2.75, 3.05) is 44.9 Å². The fourth-order valence-electron chi connectivity index (χ4n) is 1.87. The van der Waals surface area contributed by atoms with Gasteiger partial charge in [0.2, 0.25) is 5.91 Å². The van der Waals surface area contributed by atoms with Crippen molar-refractivity contribution in [3.63, 3.8) is 0 Å². The zero-order valence-corrected chi connectivity index (χ0v) is 12.6. The molecule has 0 heterocycles. The van der Waals surface area contributed by atoms with Gasteiger partial charge < -0.3 is 20.7 Å². The summed E-state index contributed by atoms with van der Waals surface area (Å²) in [5.74, 6) is 0.0267. The molecule has 5 heteroatoms. The van der Waals surface area contributed by atoms with Crippen LogP contribution in [0.2, 0.25) is 0 Å². The zero-order valence-electron chi connectivity index (χ0n) is 12.6. The van der Waals surface area contributed by atoms with Crippen molar-refractivity contribution < 1.29 is 9.53 Å². The quantitative estimate of drug-likeness (QED) is 0.713. The van der Waals surface area contributed by atoms with E-state index in [9.17, 15) is 4.79 Å². The fraction of sp³-hybridized carbons (Fsp3) is 0.533. The minimum Gasteiger partial charge on any atom is -0.398 e. The summed E-state index contributed by atoms with van der Waals surface area (Å²) in [6, 6.07) is 5.54. The number of amides is 1. The largest absolute Gasteiger partial charge is 0.398 e. The minimum absolute atomic E-state index is 0.0267. The normalized spacial score (nSPS) is 10.8. The Balaban J connectivity index is 2.32. The average molecular weight is 279 g/mol. The third-order valence-electron chi connectivity index (χ3n) is 3.27. The van der Waals surface area contributed by atoms with Crippen molar-refractivity contribution in [3.8, 4) is 0 Å². The number of likely N-dealkylation sites (N-methyl/N-ethyl adjacent to an activating group) is 1. The molecule has 1 aromatic rings. The van der Waals surface area contributed by atoms with Crippen LogP contribution in [0.4, 0.5) is 11.4 Å². The first kappa shape index (κ1) is 16.5. The van der Waals surface area contributed by atoms with Crippen LogP contribution in [0.1, 0.15) is 18.4 Å². The van der Waals surface area contributed by atoms with Gasteiger partial charge in [-0.2, -0.15) is 0 Å². The molecule has 1 amide bonds. The van der Waals surface area contributed by atoms with Gasteiger partial charge in [0, 0.05) is 31.5 Å². The Morgan fingerprint density at radius 3 is 2.85 bits per heavy atom. The average Bonchev–Trinajstić information content (AvgIpc) is 2.41. The molecule has 0 saturated carbocycles. The van der Waals surface area contributed by atoms with Crippen LogP contribution in [0.3, 0.4) is 0 Å². The van der Waals surface area contributed by atoms with Gasteiger partial charge in [-0.1, -0.05) is 6.07 Å². The van der Waals surface area contributed by atoms with Crippen LogP contribution in [0.15, 0.2) is 18.2 Å². The maximum Gasteiger partial charge on any atom is 0.224 e. The predicted molar refractivity (Wildman–Crippen MR) is 82.8 cm³/mol. The number of anilines is 2. The molecule has 20 heavy (non-hydrogen) atoms.